The van der Waals surface area contributed by atoms with Crippen molar-refractivity contribution in [1.29, 1.82) is 5.26 Å². The minimum Gasteiger partial charge on any atom is -0.316 e. The van der Waals surface area contributed by atoms with E-state index in [0.717, 1.165) is 17.0 Å². The molecule has 0 aliphatic carbocycles. The summed E-state index contributed by atoms with van der Waals surface area (Å²) >= 11 is 1.38. The van der Waals surface area contributed by atoms with Crippen molar-refractivity contribution in [3.8, 4) is 6.07 Å². The van der Waals surface area contributed by atoms with E-state index in [1.165, 1.54) is 11.8 Å². The second-order valence-corrected chi connectivity index (χ2v) is 4.67. The standard InChI is InChI=1S/C11H12N6S/c1-13-7-8-3-4-10(9(5-8)6-12)18-11-14-15-16-17(11)2/h3-5,13H,7H2,1-2H3. The Morgan fingerprint density at radius 1 is 1.50 bits per heavy atom. The predicted octanol–water partition coefficient (Wildman–Crippen LogP) is 0.952. The molecule has 1 heterocycles. The number of hydrogen-bond donors (Lipinski definition) is 1. The highest BCUT2D eigenvalue weighted by molar-refractivity contribution is 7.99. The minimum atomic E-state index is 0.635. The molecule has 0 radical (unpaired) electrons. The number of aromatic nitrogens is 4. The summed E-state index contributed by atoms with van der Waals surface area (Å²) in [6.45, 7) is 0.741. The molecule has 2 rings (SSSR count). The van der Waals surface area contributed by atoms with Gasteiger partial charge in [-0.15, -0.1) is 5.10 Å². The topological polar surface area (TPSA) is 79.4 Å². The van der Waals surface area contributed by atoms with Gasteiger partial charge in [0.05, 0.1) is 5.56 Å². The van der Waals surface area contributed by atoms with Gasteiger partial charge in [0.25, 0.3) is 0 Å². The molecule has 1 aromatic carbocycles. The lowest BCUT2D eigenvalue weighted by Gasteiger charge is -2.05. The quantitative estimate of drug-likeness (QED) is 0.881. The van der Waals surface area contributed by atoms with Crippen molar-refractivity contribution in [2.45, 2.75) is 16.6 Å². The molecule has 0 atom stereocenters. The number of nitrogens with zero attached hydrogens (tertiary/aromatic N) is 5. The van der Waals surface area contributed by atoms with E-state index < -0.39 is 0 Å². The zero-order valence-electron chi connectivity index (χ0n) is 10.1. The molecule has 0 bridgehead atoms. The molecule has 0 aliphatic heterocycles. The van der Waals surface area contributed by atoms with Gasteiger partial charge in [0, 0.05) is 18.5 Å². The van der Waals surface area contributed by atoms with Crippen LogP contribution in [0.4, 0.5) is 0 Å². The number of benzene rings is 1. The van der Waals surface area contributed by atoms with E-state index in [0.29, 0.717) is 10.7 Å². The van der Waals surface area contributed by atoms with Gasteiger partial charge in [0.15, 0.2) is 0 Å². The van der Waals surface area contributed by atoms with Gasteiger partial charge in [-0.25, -0.2) is 4.68 Å². The van der Waals surface area contributed by atoms with Crippen LogP contribution >= 0.6 is 11.8 Å². The fourth-order valence-corrected chi connectivity index (χ4v) is 2.27. The maximum atomic E-state index is 9.17. The van der Waals surface area contributed by atoms with Crippen LogP contribution in [0.2, 0.25) is 0 Å². The molecule has 0 saturated heterocycles. The second kappa shape index (κ2) is 5.62. The highest BCUT2D eigenvalue weighted by Crippen LogP contribution is 2.28. The van der Waals surface area contributed by atoms with Gasteiger partial charge in [-0.3, -0.25) is 0 Å². The van der Waals surface area contributed by atoms with Crippen molar-refractivity contribution < 1.29 is 0 Å². The third kappa shape index (κ3) is 2.67. The first-order valence-electron chi connectivity index (χ1n) is 5.32. The Hall–Kier alpha value is -1.91. The Morgan fingerprint density at radius 3 is 2.94 bits per heavy atom. The fraction of sp³-hybridized carbons (Fsp3) is 0.273. The molecule has 18 heavy (non-hydrogen) atoms. The van der Waals surface area contributed by atoms with Crippen LogP contribution in [0.5, 0.6) is 0 Å². The molecule has 7 heteroatoms. The van der Waals surface area contributed by atoms with E-state index in [4.69, 9.17) is 5.26 Å². The predicted molar refractivity (Wildman–Crippen MR) is 66.8 cm³/mol. The van der Waals surface area contributed by atoms with Crippen LogP contribution in [0.3, 0.4) is 0 Å². The number of rotatable bonds is 4. The van der Waals surface area contributed by atoms with Crippen molar-refractivity contribution in [1.82, 2.24) is 25.5 Å². The SMILES string of the molecule is CNCc1ccc(Sc2nnnn2C)c(C#N)c1. The number of tetrazole rings is 1. The number of nitrogens with one attached hydrogen (secondary N) is 1. The van der Waals surface area contributed by atoms with E-state index in [1.54, 1.807) is 11.7 Å². The van der Waals surface area contributed by atoms with E-state index >= 15 is 0 Å². The molecular formula is C11H12N6S. The molecule has 92 valence electrons. The molecule has 1 aromatic heterocycles. The molecule has 2 aromatic rings. The molecule has 0 amide bonds. The lowest BCUT2D eigenvalue weighted by molar-refractivity contribution is 0.664. The molecule has 0 unspecified atom stereocenters. The van der Waals surface area contributed by atoms with E-state index in [1.807, 2.05) is 25.2 Å². The van der Waals surface area contributed by atoms with Crippen LogP contribution < -0.4 is 5.32 Å². The van der Waals surface area contributed by atoms with E-state index in [2.05, 4.69) is 26.9 Å². The molecule has 0 saturated carbocycles. The van der Waals surface area contributed by atoms with Gasteiger partial charge >= 0.3 is 0 Å². The van der Waals surface area contributed by atoms with Gasteiger partial charge in [-0.2, -0.15) is 5.26 Å². The van der Waals surface area contributed by atoms with Crippen molar-refractivity contribution in [3.05, 3.63) is 29.3 Å². The number of hydrogen-bond acceptors (Lipinski definition) is 6. The highest BCUT2D eigenvalue weighted by Gasteiger charge is 2.09. The Bertz CT molecular complexity index is 585. The minimum absolute atomic E-state index is 0.635. The number of nitriles is 1. The van der Waals surface area contributed by atoms with Gasteiger partial charge in [0.1, 0.15) is 6.07 Å². The van der Waals surface area contributed by atoms with Crippen LogP contribution in [0.25, 0.3) is 0 Å². The third-order valence-corrected chi connectivity index (χ3v) is 3.43. The zero-order valence-corrected chi connectivity index (χ0v) is 10.9. The van der Waals surface area contributed by atoms with Gasteiger partial charge in [-0.05, 0) is 46.9 Å². The Kier molecular flexibility index (Phi) is 3.92. The van der Waals surface area contributed by atoms with E-state index in [9.17, 15) is 0 Å². The summed E-state index contributed by atoms with van der Waals surface area (Å²) in [5.41, 5.74) is 1.71. The molecular weight excluding hydrogens is 248 g/mol. The molecule has 6 nitrogen and oxygen atoms in total. The van der Waals surface area contributed by atoms with Crippen molar-refractivity contribution in [3.63, 3.8) is 0 Å². The summed E-state index contributed by atoms with van der Waals surface area (Å²) in [4.78, 5) is 0.857. The average Bonchev–Trinajstić information content (AvgIpc) is 2.77. The van der Waals surface area contributed by atoms with Crippen LogP contribution in [0.15, 0.2) is 28.3 Å². The summed E-state index contributed by atoms with van der Waals surface area (Å²) in [5, 5.41) is 24.1. The van der Waals surface area contributed by atoms with Gasteiger partial charge in [0.2, 0.25) is 5.16 Å². The number of aryl methyl sites for hydroxylation is 1. The average molecular weight is 260 g/mol. The fourth-order valence-electron chi connectivity index (χ4n) is 1.47. The normalized spacial score (nSPS) is 10.3. The summed E-state index contributed by atoms with van der Waals surface area (Å²) < 4.78 is 1.58. The van der Waals surface area contributed by atoms with Gasteiger partial charge < -0.3 is 5.32 Å². The largest absolute Gasteiger partial charge is 0.316 e. The lowest BCUT2D eigenvalue weighted by Crippen LogP contribution is -2.05. The monoisotopic (exact) mass is 260 g/mol. The smallest absolute Gasteiger partial charge is 0.213 e. The third-order valence-electron chi connectivity index (χ3n) is 2.33. The molecule has 1 N–H and O–H groups in total. The van der Waals surface area contributed by atoms with E-state index in [-0.39, 0.29) is 0 Å². The maximum Gasteiger partial charge on any atom is 0.213 e. The zero-order chi connectivity index (χ0) is 13.0. The van der Waals surface area contributed by atoms with Crippen LogP contribution in [0.1, 0.15) is 11.1 Å². The summed E-state index contributed by atoms with van der Waals surface area (Å²) in [5.74, 6) is 0. The summed E-state index contributed by atoms with van der Waals surface area (Å²) in [7, 11) is 3.64. The summed E-state index contributed by atoms with van der Waals surface area (Å²) in [6, 6.07) is 7.99. The lowest BCUT2D eigenvalue weighted by atomic mass is 10.1. The van der Waals surface area contributed by atoms with Crippen molar-refractivity contribution >= 4 is 11.8 Å². The van der Waals surface area contributed by atoms with Crippen LogP contribution in [-0.2, 0) is 13.6 Å². The second-order valence-electron chi connectivity index (χ2n) is 3.66. The Labute approximate surface area is 109 Å². The first-order chi connectivity index (χ1) is 8.74. The highest BCUT2D eigenvalue weighted by atomic mass is 32.2. The first kappa shape index (κ1) is 12.5. The molecule has 0 spiro atoms. The van der Waals surface area contributed by atoms with Crippen molar-refractivity contribution in [2.75, 3.05) is 7.05 Å². The first-order valence-corrected chi connectivity index (χ1v) is 6.14. The molecule has 0 aliphatic rings. The summed E-state index contributed by atoms with van der Waals surface area (Å²) in [6.07, 6.45) is 0. The maximum absolute atomic E-state index is 9.17. The Morgan fingerprint density at radius 2 is 2.33 bits per heavy atom. The molecule has 0 fully saturated rings. The van der Waals surface area contributed by atoms with Crippen LogP contribution in [-0.4, -0.2) is 27.3 Å². The Balaban J connectivity index is 2.28. The van der Waals surface area contributed by atoms with Crippen molar-refractivity contribution in [2.24, 2.45) is 7.05 Å². The van der Waals surface area contributed by atoms with Crippen LogP contribution in [0, 0.1) is 11.3 Å². The van der Waals surface area contributed by atoms with Gasteiger partial charge in [-0.1, -0.05) is 6.07 Å².